The zero-order valence-corrected chi connectivity index (χ0v) is 67.8. The van der Waals surface area contributed by atoms with Crippen LogP contribution in [-0.2, 0) is 86.3 Å². The summed E-state index contributed by atoms with van der Waals surface area (Å²) in [6.45, 7) is 11.3. The minimum absolute atomic E-state index is 0.00752. The van der Waals surface area contributed by atoms with Crippen molar-refractivity contribution in [3.8, 4) is 0 Å². The van der Waals surface area contributed by atoms with E-state index in [9.17, 15) is 91.4 Å². The zero-order valence-electron chi connectivity index (χ0n) is 67.8. The van der Waals surface area contributed by atoms with Gasteiger partial charge in [-0.05, 0) is 174 Å². The lowest BCUT2D eigenvalue weighted by Crippen LogP contribution is -2.61. The number of unbranched alkanes of at least 4 members (excludes halogenated alkanes) is 3. The third kappa shape index (κ3) is 33.4. The number of guanidine groups is 1. The van der Waals surface area contributed by atoms with Crippen molar-refractivity contribution in [3.05, 3.63) is 0 Å². The predicted molar refractivity (Wildman–Crippen MR) is 421 cm³/mol. The van der Waals surface area contributed by atoms with Crippen molar-refractivity contribution in [1.29, 1.82) is 5.41 Å². The molecule has 3 heterocycles. The van der Waals surface area contributed by atoms with Gasteiger partial charge in [0.25, 0.3) is 0 Å². The number of aliphatic carboxylic acids is 1. The van der Waals surface area contributed by atoms with Crippen molar-refractivity contribution >= 4 is 112 Å². The maximum Gasteiger partial charge on any atom is 0.326 e. The Hall–Kier alpha value is -10.4. The Labute approximate surface area is 675 Å². The van der Waals surface area contributed by atoms with Gasteiger partial charge in [-0.25, -0.2) is 4.79 Å². The molecule has 654 valence electrons. The number of carboxylic acid groups (broad SMARTS) is 1. The van der Waals surface area contributed by atoms with Gasteiger partial charge in [0.15, 0.2) is 5.96 Å². The average molecular weight is 1650 g/mol. The number of carboxylic acids is 1. The Kier molecular flexibility index (Phi) is 43.7. The molecule has 0 aromatic heterocycles. The molecule has 17 amide bonds. The fourth-order valence-corrected chi connectivity index (χ4v) is 13.5. The van der Waals surface area contributed by atoms with Crippen LogP contribution in [0.2, 0.25) is 0 Å². The number of primary amides is 3. The second-order valence-corrected chi connectivity index (χ2v) is 30.4. The molecule has 0 spiro atoms. The van der Waals surface area contributed by atoms with Crippen molar-refractivity contribution in [1.82, 2.24) is 78.5 Å². The molecule has 0 saturated carbocycles. The highest BCUT2D eigenvalue weighted by Crippen LogP contribution is 2.26. The minimum atomic E-state index is -1.54. The zero-order chi connectivity index (χ0) is 87.2. The van der Waals surface area contributed by atoms with Crippen molar-refractivity contribution in [3.63, 3.8) is 0 Å². The van der Waals surface area contributed by atoms with Crippen LogP contribution in [0.1, 0.15) is 196 Å². The van der Waals surface area contributed by atoms with Crippen LogP contribution < -0.4 is 110 Å². The van der Waals surface area contributed by atoms with E-state index in [0.29, 0.717) is 51.5 Å². The Morgan fingerprint density at radius 2 is 0.690 bits per heavy atom. The van der Waals surface area contributed by atoms with Gasteiger partial charge in [0.05, 0.1) is 6.04 Å². The molecule has 15 atom stereocenters. The highest BCUT2D eigenvalue weighted by Gasteiger charge is 2.45. The van der Waals surface area contributed by atoms with Crippen LogP contribution in [0.25, 0.3) is 0 Å². The second kappa shape index (κ2) is 50.8. The van der Waals surface area contributed by atoms with E-state index in [2.05, 4.69) is 63.8 Å². The summed E-state index contributed by atoms with van der Waals surface area (Å²) in [5, 5.41) is 48.2. The SMILES string of the molecule is CC(C)[C@H](NC(=O)[C@H](CCCCN)NC(=O)[C@H](CCCNC(=N)N)NC(=O)[C@@H]1CCCN1C(=O)[C@H](CCCCN)NC(=O)[C@H](C)NC(=O)[C@H](CCC(N)=O)NC(=O)[C@@H]1CCCN1C(=O)[C@@H](NC(=O)[C@@H]1CCCN1C(=O)[C@H](CCC(N)=O)NC(=O)[C@@H](N)CCCCN)C(C)C)C(=O)N[C@@H](C)C(=O)N[C@@H](C)C(=O)N[C@@H](CCC(N)=O)C(=O)O. The van der Waals surface area contributed by atoms with Gasteiger partial charge in [-0.2, -0.15) is 0 Å². The first kappa shape index (κ1) is 99.8. The number of carbonyl (C=O) groups is 18. The molecule has 0 unspecified atom stereocenters. The van der Waals surface area contributed by atoms with E-state index in [1.165, 1.54) is 35.5 Å². The van der Waals surface area contributed by atoms with E-state index >= 15 is 0 Å². The fraction of sp³-hybridized carbons (Fsp3) is 0.740. The Balaban J connectivity index is 1.82. The van der Waals surface area contributed by atoms with Gasteiger partial charge in [-0.1, -0.05) is 34.1 Å². The molecule has 3 rings (SSSR count). The molecular formula is C73H128N24O19. The first-order valence-electron chi connectivity index (χ1n) is 40.0. The number of hydrogen-bond acceptors (Lipinski definition) is 23. The first-order chi connectivity index (χ1) is 54.7. The van der Waals surface area contributed by atoms with E-state index in [1.54, 1.807) is 27.7 Å². The minimum Gasteiger partial charge on any atom is -0.480 e. The third-order valence-electron chi connectivity index (χ3n) is 20.2. The van der Waals surface area contributed by atoms with Crippen molar-refractivity contribution in [2.24, 2.45) is 57.7 Å². The summed E-state index contributed by atoms with van der Waals surface area (Å²) in [6, 6.07) is -19.7. The lowest BCUT2D eigenvalue weighted by Gasteiger charge is -2.33. The topological polar surface area (TPSA) is 714 Å². The summed E-state index contributed by atoms with van der Waals surface area (Å²) in [7, 11) is 0. The molecule has 3 aliphatic heterocycles. The summed E-state index contributed by atoms with van der Waals surface area (Å²) in [5.74, 6) is -16.7. The van der Waals surface area contributed by atoms with Crippen LogP contribution >= 0.6 is 0 Å². The number of rotatable bonds is 53. The number of likely N-dealkylation sites (tertiary alicyclic amines) is 3. The highest BCUT2D eigenvalue weighted by atomic mass is 16.4. The van der Waals surface area contributed by atoms with Gasteiger partial charge in [0.1, 0.15) is 84.6 Å². The van der Waals surface area contributed by atoms with Gasteiger partial charge in [-0.3, -0.25) is 86.9 Å². The van der Waals surface area contributed by atoms with Crippen molar-refractivity contribution in [2.45, 2.75) is 287 Å². The van der Waals surface area contributed by atoms with Gasteiger partial charge < -0.3 is 129 Å². The molecule has 3 fully saturated rings. The van der Waals surface area contributed by atoms with E-state index in [1.807, 2.05) is 0 Å². The monoisotopic (exact) mass is 1640 g/mol. The maximum absolute atomic E-state index is 14.8. The predicted octanol–water partition coefficient (Wildman–Crippen LogP) is -7.48. The van der Waals surface area contributed by atoms with Crippen LogP contribution in [0.15, 0.2) is 0 Å². The Morgan fingerprint density at radius 3 is 1.13 bits per heavy atom. The molecule has 0 aromatic carbocycles. The lowest BCUT2D eigenvalue weighted by atomic mass is 10.0. The molecule has 116 heavy (non-hydrogen) atoms. The summed E-state index contributed by atoms with van der Waals surface area (Å²) < 4.78 is 0. The number of amides is 17. The summed E-state index contributed by atoms with van der Waals surface area (Å²) in [6.07, 6.45) is 2.15. The Bertz CT molecular complexity index is 3420. The molecule has 30 N–H and O–H groups in total. The van der Waals surface area contributed by atoms with Crippen molar-refractivity contribution < 1.29 is 91.4 Å². The van der Waals surface area contributed by atoms with Gasteiger partial charge in [0, 0.05) is 45.4 Å². The van der Waals surface area contributed by atoms with E-state index in [0.717, 1.165) is 0 Å². The number of hydrogen-bond donors (Lipinski definition) is 22. The summed E-state index contributed by atoms with van der Waals surface area (Å²) >= 11 is 0. The van der Waals surface area contributed by atoms with E-state index < -0.39 is 215 Å². The molecule has 0 bridgehead atoms. The molecule has 3 aliphatic rings. The van der Waals surface area contributed by atoms with Crippen LogP contribution in [0.4, 0.5) is 0 Å². The molecular weight excluding hydrogens is 1520 g/mol. The van der Waals surface area contributed by atoms with Gasteiger partial charge in [0.2, 0.25) is 100 Å². The summed E-state index contributed by atoms with van der Waals surface area (Å²) in [4.78, 5) is 248. The van der Waals surface area contributed by atoms with Crippen LogP contribution in [-0.4, -0.2) is 269 Å². The van der Waals surface area contributed by atoms with Gasteiger partial charge >= 0.3 is 5.97 Å². The average Bonchev–Trinajstić information content (AvgIpc) is 1.63. The third-order valence-corrected chi connectivity index (χ3v) is 20.2. The molecule has 0 radical (unpaired) electrons. The second-order valence-electron chi connectivity index (χ2n) is 30.4. The molecule has 0 aliphatic carbocycles. The first-order valence-corrected chi connectivity index (χ1v) is 40.0. The number of nitrogens with zero attached hydrogens (tertiary/aromatic N) is 3. The largest absolute Gasteiger partial charge is 0.480 e. The van der Waals surface area contributed by atoms with Gasteiger partial charge in [-0.15, -0.1) is 0 Å². The smallest absolute Gasteiger partial charge is 0.326 e. The maximum atomic E-state index is 14.8. The molecule has 3 saturated heterocycles. The van der Waals surface area contributed by atoms with E-state index in [4.69, 9.17) is 51.3 Å². The fourth-order valence-electron chi connectivity index (χ4n) is 13.5. The number of nitrogens with one attached hydrogen (secondary N) is 13. The number of nitrogens with two attached hydrogens (primary N) is 8. The van der Waals surface area contributed by atoms with Crippen LogP contribution in [0.3, 0.4) is 0 Å². The quantitative estimate of drug-likeness (QED) is 0.0153. The molecule has 43 heteroatoms. The molecule has 0 aromatic rings. The number of carbonyl (C=O) groups excluding carboxylic acids is 17. The van der Waals surface area contributed by atoms with Crippen LogP contribution in [0, 0.1) is 17.2 Å². The van der Waals surface area contributed by atoms with E-state index in [-0.39, 0.29) is 142 Å². The molecule has 43 nitrogen and oxygen atoms in total. The highest BCUT2D eigenvalue weighted by molar-refractivity contribution is 6.01. The summed E-state index contributed by atoms with van der Waals surface area (Å²) in [5.41, 5.74) is 44.9. The van der Waals surface area contributed by atoms with Crippen LogP contribution in [0.5, 0.6) is 0 Å². The lowest BCUT2D eigenvalue weighted by molar-refractivity contribution is -0.145. The van der Waals surface area contributed by atoms with Crippen molar-refractivity contribution in [2.75, 3.05) is 45.8 Å². The standard InChI is InChI=1S/C73H128N24O19/c1-38(2)56(68(111)86-40(5)58(101)84-41(6)60(103)92-49(72(115)116)27-30-55(80)100)93-64(107)44(19-9-12-32-75)87-63(106)45(21-14-34-83-73(81)82)88-65(108)50-22-15-35-95(50)69(112)47(20-10-13-33-76)90-59(102)42(7)85-62(105)46(25-28-53(78)98)89-66(109)51-23-17-37-97(51)71(114)57(39(3)4)94-67(110)52-24-16-36-96(52)70(113)48(26-29-54(79)99)91-61(104)43(77)18-8-11-31-74/h38-52,56-57H,8-37,74-77H2,1-7H3,(H2,78,98)(H2,79,99)(H2,80,100)(H,84,101)(H,85,105)(H,86,111)(H,87,106)(H,88,108)(H,89,109)(H,90,102)(H,91,104)(H,92,103)(H,93,107)(H,94,110)(H,115,116)(H4,81,82,83)/t40-,41-,42-,43-,44-,45-,46-,47-,48-,49-,50-,51-,52-,56-,57-/m0/s1. The normalized spacial score (nSPS) is 18.3. The Morgan fingerprint density at radius 1 is 0.362 bits per heavy atom.